The van der Waals surface area contributed by atoms with Crippen molar-refractivity contribution in [2.24, 2.45) is 5.92 Å². The molecule has 3 nitrogen and oxygen atoms in total. The van der Waals surface area contributed by atoms with Crippen LogP contribution in [0, 0.1) is 5.92 Å². The van der Waals surface area contributed by atoms with Gasteiger partial charge in [0.25, 0.3) is 0 Å². The molecule has 1 fully saturated rings. The molecule has 1 saturated carbocycles. The van der Waals surface area contributed by atoms with Gasteiger partial charge in [-0.25, -0.2) is 0 Å². The Hall–Kier alpha value is -0.860. The van der Waals surface area contributed by atoms with Gasteiger partial charge in [-0.05, 0) is 25.7 Å². The van der Waals surface area contributed by atoms with Crippen molar-refractivity contribution in [1.29, 1.82) is 0 Å². The molecule has 0 aromatic rings. The zero-order valence-corrected chi connectivity index (χ0v) is 8.71. The zero-order chi connectivity index (χ0) is 10.4. The molecule has 14 heavy (non-hydrogen) atoms. The molecule has 0 aromatic carbocycles. The summed E-state index contributed by atoms with van der Waals surface area (Å²) in [5.41, 5.74) is 0. The second-order valence-corrected chi connectivity index (χ2v) is 4.12. The third-order valence-electron chi connectivity index (χ3n) is 2.75. The van der Waals surface area contributed by atoms with Crippen LogP contribution >= 0.6 is 0 Å². The predicted octanol–water partition coefficient (Wildman–Crippen LogP) is 1.57. The fraction of sp³-hybridized carbons (Fsp3) is 0.818. The lowest BCUT2D eigenvalue weighted by Crippen LogP contribution is -2.34. The summed E-state index contributed by atoms with van der Waals surface area (Å²) in [6.07, 6.45) is 8.43. The normalized spacial score (nSPS) is 20.1. The minimum Gasteiger partial charge on any atom is -0.346 e. The number of nitrogens with one attached hydrogen (secondary N) is 1. The van der Waals surface area contributed by atoms with Crippen LogP contribution < -0.4 is 5.32 Å². The van der Waals surface area contributed by atoms with Gasteiger partial charge in [-0.2, -0.15) is 0 Å². The van der Waals surface area contributed by atoms with E-state index in [-0.39, 0.29) is 5.91 Å². The largest absolute Gasteiger partial charge is 0.346 e. The third kappa shape index (κ3) is 3.90. The fourth-order valence-electron chi connectivity index (χ4n) is 1.98. The van der Waals surface area contributed by atoms with Gasteiger partial charge in [0.05, 0.1) is 6.04 Å². The minimum absolute atomic E-state index is 0.00671. The lowest BCUT2D eigenvalue weighted by molar-refractivity contribution is -0.122. The first-order chi connectivity index (χ1) is 6.72. The van der Waals surface area contributed by atoms with Crippen molar-refractivity contribution >= 4 is 12.2 Å². The number of amides is 1. The maximum Gasteiger partial charge on any atom is 0.222 e. The maximum absolute atomic E-state index is 11.4. The van der Waals surface area contributed by atoms with Crippen molar-refractivity contribution in [2.45, 2.75) is 51.5 Å². The molecular formula is C11H18NO2. The molecule has 0 bridgehead atoms. The molecule has 1 aliphatic carbocycles. The van der Waals surface area contributed by atoms with Crippen LogP contribution in [0.4, 0.5) is 0 Å². The Morgan fingerprint density at radius 2 is 2.07 bits per heavy atom. The van der Waals surface area contributed by atoms with Gasteiger partial charge in [-0.3, -0.25) is 9.59 Å². The van der Waals surface area contributed by atoms with Crippen LogP contribution in [0.15, 0.2) is 0 Å². The van der Waals surface area contributed by atoms with Crippen LogP contribution in [-0.2, 0) is 9.59 Å². The molecule has 1 atom stereocenters. The number of hydrogen-bond acceptors (Lipinski definition) is 2. The summed E-state index contributed by atoms with van der Waals surface area (Å²) in [6.45, 7) is 1.64. The van der Waals surface area contributed by atoms with Gasteiger partial charge >= 0.3 is 0 Å². The molecule has 0 saturated heterocycles. The van der Waals surface area contributed by atoms with Gasteiger partial charge < -0.3 is 5.32 Å². The summed E-state index contributed by atoms with van der Waals surface area (Å²) < 4.78 is 0. The number of carbonyl (C=O) groups excluding carboxylic acids is 2. The van der Waals surface area contributed by atoms with E-state index >= 15 is 0 Å². The van der Waals surface area contributed by atoms with Crippen molar-refractivity contribution in [2.75, 3.05) is 0 Å². The summed E-state index contributed by atoms with van der Waals surface area (Å²) in [5.74, 6) is 0.523. The first kappa shape index (κ1) is 11.2. The molecule has 0 spiro atoms. The topological polar surface area (TPSA) is 46.2 Å². The van der Waals surface area contributed by atoms with E-state index in [1.165, 1.54) is 19.3 Å². The number of carbonyl (C=O) groups is 1. The van der Waals surface area contributed by atoms with Crippen LogP contribution in [0.5, 0.6) is 0 Å². The Balaban J connectivity index is 2.21. The molecule has 0 aliphatic heterocycles. The minimum atomic E-state index is -0.467. The first-order valence-electron chi connectivity index (χ1n) is 5.39. The molecule has 1 aliphatic rings. The summed E-state index contributed by atoms with van der Waals surface area (Å²) >= 11 is 0. The molecule has 1 amide bonds. The van der Waals surface area contributed by atoms with Gasteiger partial charge in [-0.15, -0.1) is 0 Å². The van der Waals surface area contributed by atoms with Crippen LogP contribution in [0.1, 0.15) is 45.4 Å². The Labute approximate surface area is 85.3 Å². The molecule has 3 heteroatoms. The Bertz CT molecular complexity index is 197. The average molecular weight is 196 g/mol. The summed E-state index contributed by atoms with van der Waals surface area (Å²) in [5, 5.41) is 2.61. The van der Waals surface area contributed by atoms with Gasteiger partial charge in [0.1, 0.15) is 0 Å². The number of hydrogen-bond donors (Lipinski definition) is 1. The lowest BCUT2D eigenvalue weighted by atomic mass is 9.87. The number of rotatable bonds is 4. The first-order valence-corrected chi connectivity index (χ1v) is 5.39. The van der Waals surface area contributed by atoms with Crippen molar-refractivity contribution in [3.63, 3.8) is 0 Å². The van der Waals surface area contributed by atoms with Gasteiger partial charge in [-0.1, -0.05) is 19.3 Å². The van der Waals surface area contributed by atoms with E-state index in [1.807, 2.05) is 0 Å². The van der Waals surface area contributed by atoms with E-state index in [0.717, 1.165) is 12.8 Å². The van der Waals surface area contributed by atoms with Crippen molar-refractivity contribution in [3.05, 3.63) is 0 Å². The highest BCUT2D eigenvalue weighted by atomic mass is 16.2. The maximum atomic E-state index is 11.4. The molecule has 0 heterocycles. The van der Waals surface area contributed by atoms with E-state index in [4.69, 9.17) is 0 Å². The highest BCUT2D eigenvalue weighted by Gasteiger charge is 2.17. The van der Waals surface area contributed by atoms with E-state index in [2.05, 4.69) is 5.32 Å². The second kappa shape index (κ2) is 5.78. The monoisotopic (exact) mass is 196 g/mol. The summed E-state index contributed by atoms with van der Waals surface area (Å²) in [4.78, 5) is 21.6. The quantitative estimate of drug-likeness (QED) is 0.742. The van der Waals surface area contributed by atoms with Crippen LogP contribution in [-0.4, -0.2) is 18.2 Å². The van der Waals surface area contributed by atoms with E-state index < -0.39 is 6.04 Å². The van der Waals surface area contributed by atoms with Crippen LogP contribution in [0.3, 0.4) is 0 Å². The zero-order valence-electron chi connectivity index (χ0n) is 8.71. The second-order valence-electron chi connectivity index (χ2n) is 4.12. The van der Waals surface area contributed by atoms with Crippen molar-refractivity contribution in [3.8, 4) is 0 Å². The highest BCUT2D eigenvalue weighted by molar-refractivity contribution is 5.79. The molecule has 0 aromatic heterocycles. The highest BCUT2D eigenvalue weighted by Crippen LogP contribution is 2.25. The lowest BCUT2D eigenvalue weighted by Gasteiger charge is -2.21. The Morgan fingerprint density at radius 3 is 2.64 bits per heavy atom. The van der Waals surface area contributed by atoms with Crippen molar-refractivity contribution < 1.29 is 9.59 Å². The van der Waals surface area contributed by atoms with E-state index in [1.54, 1.807) is 13.2 Å². The van der Waals surface area contributed by atoms with Gasteiger partial charge in [0, 0.05) is 6.42 Å². The molecule has 0 unspecified atom stereocenters. The molecular weight excluding hydrogens is 178 g/mol. The fourth-order valence-corrected chi connectivity index (χ4v) is 1.98. The van der Waals surface area contributed by atoms with Crippen LogP contribution in [0.2, 0.25) is 0 Å². The van der Waals surface area contributed by atoms with E-state index in [0.29, 0.717) is 12.3 Å². The van der Waals surface area contributed by atoms with Gasteiger partial charge in [0.15, 0.2) is 0 Å². The summed E-state index contributed by atoms with van der Waals surface area (Å²) in [7, 11) is 0. The SMILES string of the molecule is C[C@@H]([C]=O)NC(=O)CC1CCCCC1. The Morgan fingerprint density at radius 1 is 1.43 bits per heavy atom. The third-order valence-corrected chi connectivity index (χ3v) is 2.75. The predicted molar refractivity (Wildman–Crippen MR) is 54.5 cm³/mol. The summed E-state index contributed by atoms with van der Waals surface area (Å²) in [6, 6.07) is -0.467. The van der Waals surface area contributed by atoms with Gasteiger partial charge in [0.2, 0.25) is 12.2 Å². The van der Waals surface area contributed by atoms with Crippen LogP contribution in [0.25, 0.3) is 0 Å². The van der Waals surface area contributed by atoms with E-state index in [9.17, 15) is 9.59 Å². The standard InChI is InChI=1S/C11H18NO2/c1-9(8-13)12-11(14)7-10-5-3-2-4-6-10/h9-10H,2-7H2,1H3,(H,12,14)/t9-/m0/s1. The average Bonchev–Trinajstić information content (AvgIpc) is 2.19. The smallest absolute Gasteiger partial charge is 0.222 e. The van der Waals surface area contributed by atoms with Crippen molar-refractivity contribution in [1.82, 2.24) is 5.32 Å². The molecule has 79 valence electrons. The molecule has 1 rings (SSSR count). The molecule has 1 N–H and O–H groups in total. The Kier molecular flexibility index (Phi) is 4.63. The molecule has 1 radical (unpaired) electrons.